The Hall–Kier alpha value is -1.32. The number of rotatable bonds is 3. The molecule has 37 heavy (non-hydrogen) atoms. The van der Waals surface area contributed by atoms with Crippen LogP contribution in [0.1, 0.15) is 126 Å². The molecule has 4 fully saturated rings. The maximum Gasteiger partial charge on any atom is 0.310 e. The quantitative estimate of drug-likeness (QED) is 0.306. The molecule has 0 radical (unpaired) electrons. The van der Waals surface area contributed by atoms with Gasteiger partial charge in [0.15, 0.2) is 0 Å². The van der Waals surface area contributed by atoms with Crippen LogP contribution in [0.4, 0.5) is 0 Å². The summed E-state index contributed by atoms with van der Waals surface area (Å²) in [7, 11) is 0. The molecule has 0 saturated heterocycles. The highest BCUT2D eigenvalue weighted by atomic mass is 16.5. The first kappa shape index (κ1) is 27.3. The van der Waals surface area contributed by atoms with Crippen molar-refractivity contribution in [1.82, 2.24) is 0 Å². The second kappa shape index (κ2) is 8.34. The molecule has 0 aromatic rings. The van der Waals surface area contributed by atoms with Crippen LogP contribution in [0.2, 0.25) is 0 Å². The zero-order valence-corrected chi connectivity index (χ0v) is 24.8. The van der Waals surface area contributed by atoms with Gasteiger partial charge in [-0.25, -0.2) is 0 Å². The summed E-state index contributed by atoms with van der Waals surface area (Å²) in [5.41, 5.74) is 1.48. The van der Waals surface area contributed by atoms with E-state index in [9.17, 15) is 14.7 Å². The molecule has 0 aliphatic heterocycles. The van der Waals surface area contributed by atoms with Gasteiger partial charge in [0.05, 0.1) is 5.41 Å². The maximum atomic E-state index is 12.9. The molecular formula is C33H52O4. The summed E-state index contributed by atoms with van der Waals surface area (Å²) in [5.74, 6) is 0.647. The fraction of sp³-hybridized carbons (Fsp3) is 0.879. The number of aliphatic carboxylic acids is 1. The third-order valence-electron chi connectivity index (χ3n) is 13.3. The lowest BCUT2D eigenvalue weighted by Gasteiger charge is -2.71. The van der Waals surface area contributed by atoms with Gasteiger partial charge in [0.2, 0.25) is 0 Å². The summed E-state index contributed by atoms with van der Waals surface area (Å²) in [5, 5.41) is 10.6. The molecule has 4 saturated carbocycles. The van der Waals surface area contributed by atoms with Gasteiger partial charge >= 0.3 is 11.9 Å². The molecule has 208 valence electrons. The lowest BCUT2D eigenvalue weighted by atomic mass is 9.33. The molecule has 5 rings (SSSR count). The van der Waals surface area contributed by atoms with Crippen LogP contribution in [0.5, 0.6) is 0 Å². The van der Waals surface area contributed by atoms with Crippen LogP contribution in [0.25, 0.3) is 0 Å². The van der Waals surface area contributed by atoms with Crippen LogP contribution in [0, 0.1) is 50.2 Å². The van der Waals surface area contributed by atoms with E-state index in [0.717, 1.165) is 51.4 Å². The summed E-state index contributed by atoms with van der Waals surface area (Å²) in [4.78, 5) is 25.2. The van der Waals surface area contributed by atoms with Crippen molar-refractivity contribution >= 4 is 11.9 Å². The second-order valence-corrected chi connectivity index (χ2v) is 16.0. The fourth-order valence-electron chi connectivity index (χ4n) is 11.2. The first-order valence-corrected chi connectivity index (χ1v) is 15.2. The Bertz CT molecular complexity index is 1010. The maximum absolute atomic E-state index is 12.9. The number of hydrogen-bond acceptors (Lipinski definition) is 3. The number of allylic oxidation sites excluding steroid dienone is 2. The third-order valence-corrected chi connectivity index (χ3v) is 13.3. The number of carboxylic acid groups (broad SMARTS) is 1. The minimum atomic E-state index is -0.586. The number of carbonyl (C=O) groups excluding carboxylic acids is 1. The van der Waals surface area contributed by atoms with Crippen LogP contribution in [0.3, 0.4) is 0 Å². The van der Waals surface area contributed by atoms with E-state index in [-0.39, 0.29) is 45.1 Å². The molecule has 4 heteroatoms. The Labute approximate surface area is 225 Å². The van der Waals surface area contributed by atoms with Gasteiger partial charge in [-0.3, -0.25) is 9.59 Å². The number of fused-ring (bicyclic) bond motifs is 7. The normalized spacial score (nSPS) is 47.8. The molecule has 5 aliphatic carbocycles. The molecule has 3 unspecified atom stereocenters. The molecular weight excluding hydrogens is 460 g/mol. The van der Waals surface area contributed by atoms with E-state index in [1.54, 1.807) is 0 Å². The van der Waals surface area contributed by atoms with Crippen molar-refractivity contribution in [3.63, 3.8) is 0 Å². The monoisotopic (exact) mass is 512 g/mol. The number of carboxylic acids is 1. The predicted octanol–water partition coefficient (Wildman–Crippen LogP) is 8.19. The van der Waals surface area contributed by atoms with Crippen molar-refractivity contribution in [1.29, 1.82) is 0 Å². The summed E-state index contributed by atoms with van der Waals surface area (Å²) >= 11 is 0. The average Bonchev–Trinajstić information content (AvgIpc) is 2.77. The van der Waals surface area contributed by atoms with Crippen molar-refractivity contribution in [2.24, 2.45) is 50.2 Å². The first-order valence-electron chi connectivity index (χ1n) is 15.2. The molecule has 1 N–H and O–H groups in total. The molecule has 8 atom stereocenters. The standard InChI is InChI=1S/C33H52O4/c1-9-26(34)37-21-18-29(4,5)24-12-13-32(8)25(30(24,6)19-21)11-10-22-23-20-28(2,3)14-16-33(23,27(35)36)17-15-31(22,32)7/h10,21,23-25H,9,11-20H2,1-8H3,(H,35,36)/t21-,23?,24?,25?,30+,31-,32-,33+/m1/s1. The van der Waals surface area contributed by atoms with Crippen molar-refractivity contribution in [2.75, 3.05) is 0 Å². The fourth-order valence-corrected chi connectivity index (χ4v) is 11.2. The highest BCUT2D eigenvalue weighted by molar-refractivity contribution is 5.76. The van der Waals surface area contributed by atoms with E-state index in [1.807, 2.05) is 6.92 Å². The van der Waals surface area contributed by atoms with Crippen LogP contribution in [-0.4, -0.2) is 23.1 Å². The van der Waals surface area contributed by atoms with Gasteiger partial charge in [-0.05, 0) is 109 Å². The molecule has 4 nitrogen and oxygen atoms in total. The molecule has 0 bridgehead atoms. The van der Waals surface area contributed by atoms with E-state index in [1.165, 1.54) is 18.4 Å². The van der Waals surface area contributed by atoms with Gasteiger partial charge in [-0.2, -0.15) is 0 Å². The molecule has 0 amide bonds. The van der Waals surface area contributed by atoms with Crippen molar-refractivity contribution in [3.05, 3.63) is 11.6 Å². The molecule has 0 aromatic carbocycles. The van der Waals surface area contributed by atoms with E-state index in [4.69, 9.17) is 4.74 Å². The zero-order chi connectivity index (χ0) is 27.2. The second-order valence-electron chi connectivity index (χ2n) is 16.0. The van der Waals surface area contributed by atoms with Crippen LogP contribution in [-0.2, 0) is 14.3 Å². The van der Waals surface area contributed by atoms with Gasteiger partial charge in [0.25, 0.3) is 0 Å². The minimum Gasteiger partial charge on any atom is -0.481 e. The Morgan fingerprint density at radius 1 is 0.919 bits per heavy atom. The topological polar surface area (TPSA) is 63.6 Å². The van der Waals surface area contributed by atoms with Gasteiger partial charge in [0, 0.05) is 6.42 Å². The third kappa shape index (κ3) is 3.73. The summed E-state index contributed by atoms with van der Waals surface area (Å²) in [6.45, 7) is 19.0. The zero-order valence-electron chi connectivity index (χ0n) is 24.8. The van der Waals surface area contributed by atoms with E-state index < -0.39 is 11.4 Å². The Morgan fingerprint density at radius 2 is 1.59 bits per heavy atom. The molecule has 0 heterocycles. The molecule has 0 aromatic heterocycles. The van der Waals surface area contributed by atoms with Crippen molar-refractivity contribution in [2.45, 2.75) is 132 Å². The number of ether oxygens (including phenoxy) is 1. The average molecular weight is 513 g/mol. The van der Waals surface area contributed by atoms with Crippen molar-refractivity contribution in [3.8, 4) is 0 Å². The Balaban J connectivity index is 1.57. The van der Waals surface area contributed by atoms with Gasteiger partial charge in [-0.1, -0.05) is 67.0 Å². The van der Waals surface area contributed by atoms with Crippen molar-refractivity contribution < 1.29 is 19.4 Å². The van der Waals surface area contributed by atoms with Gasteiger partial charge in [0.1, 0.15) is 6.10 Å². The van der Waals surface area contributed by atoms with E-state index in [2.05, 4.69) is 54.5 Å². The van der Waals surface area contributed by atoms with E-state index >= 15 is 0 Å². The number of hydrogen-bond donors (Lipinski definition) is 1. The van der Waals surface area contributed by atoms with E-state index in [0.29, 0.717) is 18.3 Å². The number of carbonyl (C=O) groups is 2. The molecule has 0 spiro atoms. The lowest BCUT2D eigenvalue weighted by molar-refractivity contribution is -0.207. The SMILES string of the molecule is CCC(=O)O[C@@H]1CC(C)(C)C2CC[C@]3(C)C(CC=C4C5CC(C)(C)CC[C@]5(C(=O)O)CC[C@]43C)[C@@]2(C)C1. The van der Waals surface area contributed by atoms with Gasteiger partial charge < -0.3 is 9.84 Å². The Morgan fingerprint density at radius 3 is 2.24 bits per heavy atom. The number of esters is 1. The summed E-state index contributed by atoms with van der Waals surface area (Å²) in [6.07, 6.45) is 12.9. The van der Waals surface area contributed by atoms with Gasteiger partial charge in [-0.15, -0.1) is 0 Å². The molecule has 5 aliphatic rings. The summed E-state index contributed by atoms with van der Waals surface area (Å²) in [6, 6.07) is 0. The summed E-state index contributed by atoms with van der Waals surface area (Å²) < 4.78 is 6.05. The first-order chi connectivity index (χ1) is 17.0. The largest absolute Gasteiger partial charge is 0.481 e. The van der Waals surface area contributed by atoms with Crippen LogP contribution < -0.4 is 0 Å². The predicted molar refractivity (Wildman–Crippen MR) is 147 cm³/mol. The highest BCUT2D eigenvalue weighted by Gasteiger charge is 2.69. The Kier molecular flexibility index (Phi) is 6.14. The highest BCUT2D eigenvalue weighted by Crippen LogP contribution is 2.75. The smallest absolute Gasteiger partial charge is 0.310 e. The minimum absolute atomic E-state index is 0.00519. The van der Waals surface area contributed by atoms with Crippen LogP contribution in [0.15, 0.2) is 11.6 Å². The van der Waals surface area contributed by atoms with Crippen LogP contribution >= 0.6 is 0 Å². The lowest BCUT2D eigenvalue weighted by Crippen LogP contribution is -2.64.